The number of nitrogens with one attached hydrogen (secondary N) is 2. The predicted molar refractivity (Wildman–Crippen MR) is 60.5 cm³/mol. The van der Waals surface area contributed by atoms with Gasteiger partial charge >= 0.3 is 0 Å². The fraction of sp³-hybridized carbons (Fsp3) is 0.600. The molecule has 0 aliphatic heterocycles. The maximum atomic E-state index is 11.2. The second kappa shape index (κ2) is 5.38. The molecular formula is C10H18N4O. The molecule has 0 aromatic rings. The van der Waals surface area contributed by atoms with Gasteiger partial charge in [-0.3, -0.25) is 4.79 Å². The minimum atomic E-state index is -0.0717. The Morgan fingerprint density at radius 1 is 1.60 bits per heavy atom. The molecule has 5 heteroatoms. The number of hydrogen-bond acceptors (Lipinski definition) is 2. The van der Waals surface area contributed by atoms with Crippen molar-refractivity contribution in [2.24, 2.45) is 10.7 Å². The lowest BCUT2D eigenvalue weighted by Gasteiger charge is -2.04. The predicted octanol–water partition coefficient (Wildman–Crippen LogP) is -0.255. The summed E-state index contributed by atoms with van der Waals surface area (Å²) in [4.78, 5) is 15.1. The van der Waals surface area contributed by atoms with Crippen LogP contribution in [0.1, 0.15) is 19.8 Å². The number of carbonyl (C=O) groups excluding carboxylic acids is 1. The van der Waals surface area contributed by atoms with E-state index in [2.05, 4.69) is 22.2 Å². The van der Waals surface area contributed by atoms with Gasteiger partial charge in [0.1, 0.15) is 6.54 Å². The monoisotopic (exact) mass is 210 g/mol. The third-order valence-electron chi connectivity index (χ3n) is 1.91. The van der Waals surface area contributed by atoms with Crippen molar-refractivity contribution in [1.29, 1.82) is 0 Å². The number of carbonyl (C=O) groups is 1. The van der Waals surface area contributed by atoms with E-state index in [1.807, 2.05) is 6.92 Å². The van der Waals surface area contributed by atoms with Crippen molar-refractivity contribution >= 4 is 11.9 Å². The molecule has 15 heavy (non-hydrogen) atoms. The number of guanidine groups is 1. The number of nitrogens with zero attached hydrogens (tertiary/aromatic N) is 1. The molecule has 1 aliphatic rings. The zero-order chi connectivity index (χ0) is 11.3. The van der Waals surface area contributed by atoms with Crippen molar-refractivity contribution in [3.8, 4) is 0 Å². The van der Waals surface area contributed by atoms with E-state index in [-0.39, 0.29) is 18.4 Å². The average molecular weight is 210 g/mol. The summed E-state index contributed by atoms with van der Waals surface area (Å²) in [6.45, 7) is 6.28. The van der Waals surface area contributed by atoms with Gasteiger partial charge in [0, 0.05) is 12.6 Å². The molecule has 4 N–H and O–H groups in total. The van der Waals surface area contributed by atoms with E-state index in [1.165, 1.54) is 0 Å². The van der Waals surface area contributed by atoms with Crippen molar-refractivity contribution in [2.75, 3.05) is 13.1 Å². The normalized spacial score (nSPS) is 15.9. The van der Waals surface area contributed by atoms with Gasteiger partial charge in [-0.25, -0.2) is 4.99 Å². The van der Waals surface area contributed by atoms with E-state index in [9.17, 15) is 4.79 Å². The van der Waals surface area contributed by atoms with E-state index >= 15 is 0 Å². The minimum Gasteiger partial charge on any atom is -0.370 e. The number of hydrogen-bond donors (Lipinski definition) is 3. The van der Waals surface area contributed by atoms with Gasteiger partial charge < -0.3 is 16.4 Å². The van der Waals surface area contributed by atoms with Crippen LogP contribution in [-0.2, 0) is 4.79 Å². The second-order valence-electron chi connectivity index (χ2n) is 3.85. The largest absolute Gasteiger partial charge is 0.370 e. The first kappa shape index (κ1) is 11.6. The number of aliphatic imine (C=N–C) groups is 1. The van der Waals surface area contributed by atoms with Gasteiger partial charge in [-0.05, 0) is 19.8 Å². The lowest BCUT2D eigenvalue weighted by atomic mass is 10.3. The fourth-order valence-corrected chi connectivity index (χ4v) is 0.955. The molecule has 1 amide bonds. The number of amides is 1. The molecule has 1 saturated carbocycles. The Morgan fingerprint density at radius 3 is 2.80 bits per heavy atom. The summed E-state index contributed by atoms with van der Waals surface area (Å²) in [5.41, 5.74) is 6.50. The van der Waals surface area contributed by atoms with Gasteiger partial charge in [-0.1, -0.05) is 12.2 Å². The standard InChI is InChI=1S/C10H18N4O/c1-7(2)5-12-10(11)13-6-9(15)14-8-3-4-8/h8H,1,3-6H2,2H3,(H,14,15)(H3,11,12,13). The quantitative estimate of drug-likeness (QED) is 0.332. The zero-order valence-electron chi connectivity index (χ0n) is 9.05. The molecule has 0 unspecified atom stereocenters. The molecule has 5 nitrogen and oxygen atoms in total. The van der Waals surface area contributed by atoms with Gasteiger partial charge in [0.25, 0.3) is 0 Å². The van der Waals surface area contributed by atoms with Crippen LogP contribution in [-0.4, -0.2) is 31.0 Å². The van der Waals surface area contributed by atoms with Gasteiger partial charge in [-0.2, -0.15) is 0 Å². The van der Waals surface area contributed by atoms with Crippen LogP contribution in [0.3, 0.4) is 0 Å². The average Bonchev–Trinajstić information content (AvgIpc) is 2.95. The Kier molecular flexibility index (Phi) is 4.15. The maximum absolute atomic E-state index is 11.2. The second-order valence-corrected chi connectivity index (χ2v) is 3.85. The lowest BCUT2D eigenvalue weighted by Crippen LogP contribution is -2.35. The van der Waals surface area contributed by atoms with Gasteiger partial charge in [0.05, 0.1) is 0 Å². The van der Waals surface area contributed by atoms with Crippen molar-refractivity contribution in [2.45, 2.75) is 25.8 Å². The Morgan fingerprint density at radius 2 is 2.27 bits per heavy atom. The van der Waals surface area contributed by atoms with E-state index in [0.717, 1.165) is 18.4 Å². The fourth-order valence-electron chi connectivity index (χ4n) is 0.955. The first-order valence-electron chi connectivity index (χ1n) is 5.05. The molecule has 0 heterocycles. The Bertz CT molecular complexity index is 281. The maximum Gasteiger partial charge on any atom is 0.242 e. The highest BCUT2D eigenvalue weighted by molar-refractivity contribution is 5.84. The van der Waals surface area contributed by atoms with E-state index in [0.29, 0.717) is 12.6 Å². The highest BCUT2D eigenvalue weighted by atomic mass is 16.1. The van der Waals surface area contributed by atoms with Crippen LogP contribution in [0, 0.1) is 0 Å². The Hall–Kier alpha value is -1.52. The van der Waals surface area contributed by atoms with Crippen LogP contribution < -0.4 is 16.4 Å². The third-order valence-corrected chi connectivity index (χ3v) is 1.91. The summed E-state index contributed by atoms with van der Waals surface area (Å²) >= 11 is 0. The molecule has 0 atom stereocenters. The summed E-state index contributed by atoms with van der Waals surface area (Å²) < 4.78 is 0. The first-order valence-corrected chi connectivity index (χ1v) is 5.05. The molecule has 1 rings (SSSR count). The van der Waals surface area contributed by atoms with E-state index in [4.69, 9.17) is 5.73 Å². The Balaban J connectivity index is 2.16. The summed E-state index contributed by atoms with van der Waals surface area (Å²) in [5, 5.41) is 5.68. The highest BCUT2D eigenvalue weighted by Crippen LogP contribution is 2.18. The molecule has 1 aliphatic carbocycles. The topological polar surface area (TPSA) is 79.5 Å². The number of rotatable bonds is 5. The molecular weight excluding hydrogens is 192 g/mol. The Labute approximate surface area is 89.8 Å². The molecule has 0 radical (unpaired) electrons. The molecule has 0 aromatic heterocycles. The summed E-state index contributed by atoms with van der Waals surface area (Å²) in [7, 11) is 0. The van der Waals surface area contributed by atoms with E-state index in [1.54, 1.807) is 0 Å². The summed E-state index contributed by atoms with van der Waals surface area (Å²) in [6.07, 6.45) is 2.16. The van der Waals surface area contributed by atoms with Crippen molar-refractivity contribution < 1.29 is 4.79 Å². The highest BCUT2D eigenvalue weighted by Gasteiger charge is 2.22. The molecule has 0 spiro atoms. The van der Waals surface area contributed by atoms with Crippen LogP contribution in [0.4, 0.5) is 0 Å². The van der Waals surface area contributed by atoms with Crippen LogP contribution in [0.2, 0.25) is 0 Å². The van der Waals surface area contributed by atoms with Crippen molar-refractivity contribution in [3.05, 3.63) is 12.2 Å². The number of nitrogens with two attached hydrogens (primary N) is 1. The molecule has 0 saturated heterocycles. The van der Waals surface area contributed by atoms with Crippen LogP contribution in [0.5, 0.6) is 0 Å². The molecule has 0 aromatic carbocycles. The molecule has 1 fully saturated rings. The van der Waals surface area contributed by atoms with Crippen LogP contribution in [0.15, 0.2) is 17.1 Å². The van der Waals surface area contributed by atoms with Gasteiger partial charge in [0.15, 0.2) is 5.96 Å². The van der Waals surface area contributed by atoms with Gasteiger partial charge in [-0.15, -0.1) is 0 Å². The summed E-state index contributed by atoms with van der Waals surface area (Å²) in [6, 6.07) is 0.373. The first-order chi connectivity index (χ1) is 7.08. The summed E-state index contributed by atoms with van der Waals surface area (Å²) in [5.74, 6) is 0.210. The van der Waals surface area contributed by atoms with Crippen molar-refractivity contribution in [3.63, 3.8) is 0 Å². The smallest absolute Gasteiger partial charge is 0.242 e. The minimum absolute atomic E-state index is 0.0717. The SMILES string of the molecule is C=C(C)CNC(N)=NCC(=O)NC1CC1. The van der Waals surface area contributed by atoms with Crippen LogP contribution in [0.25, 0.3) is 0 Å². The van der Waals surface area contributed by atoms with E-state index < -0.39 is 0 Å². The van der Waals surface area contributed by atoms with Crippen LogP contribution >= 0.6 is 0 Å². The van der Waals surface area contributed by atoms with Gasteiger partial charge in [0.2, 0.25) is 5.91 Å². The molecule has 84 valence electrons. The van der Waals surface area contributed by atoms with Crippen molar-refractivity contribution in [1.82, 2.24) is 10.6 Å². The third kappa shape index (κ3) is 5.72. The molecule has 0 bridgehead atoms. The zero-order valence-corrected chi connectivity index (χ0v) is 9.05. The lowest BCUT2D eigenvalue weighted by molar-refractivity contribution is -0.119.